The van der Waals surface area contributed by atoms with Crippen LogP contribution in [0.4, 0.5) is 4.39 Å². The predicted octanol–water partition coefficient (Wildman–Crippen LogP) is 2.04. The Balaban J connectivity index is 2.75. The largest absolute Gasteiger partial charge is 0.334 e. The highest BCUT2D eigenvalue weighted by molar-refractivity contribution is 7.98. The minimum atomic E-state index is -1.18. The standard InChI is InChI=1S/C11H8ClFN2O2S/c1-18-7-4-2-3-6(5-7)15-10(16)8(13)9(12)14-11(15)17/h2-5H,1H3,(H,14,17). The molecule has 0 fully saturated rings. The van der Waals surface area contributed by atoms with E-state index in [9.17, 15) is 14.0 Å². The third-order valence-corrected chi connectivity index (χ3v) is 3.30. The lowest BCUT2D eigenvalue weighted by atomic mass is 10.3. The monoisotopic (exact) mass is 286 g/mol. The van der Waals surface area contributed by atoms with Crippen LogP contribution >= 0.6 is 23.4 Å². The molecule has 0 aliphatic carbocycles. The fourth-order valence-electron chi connectivity index (χ4n) is 1.47. The van der Waals surface area contributed by atoms with Crippen molar-refractivity contribution in [3.05, 3.63) is 56.1 Å². The van der Waals surface area contributed by atoms with E-state index >= 15 is 0 Å². The van der Waals surface area contributed by atoms with Gasteiger partial charge < -0.3 is 0 Å². The van der Waals surface area contributed by atoms with Crippen molar-refractivity contribution in [3.63, 3.8) is 0 Å². The van der Waals surface area contributed by atoms with Crippen LogP contribution in [-0.4, -0.2) is 15.8 Å². The maximum Gasteiger partial charge on any atom is 0.334 e. The third kappa shape index (κ3) is 2.21. The van der Waals surface area contributed by atoms with Gasteiger partial charge in [-0.05, 0) is 24.5 Å². The van der Waals surface area contributed by atoms with E-state index in [1.54, 1.807) is 18.2 Å². The first kappa shape index (κ1) is 12.9. The zero-order valence-electron chi connectivity index (χ0n) is 9.24. The summed E-state index contributed by atoms with van der Waals surface area (Å²) in [7, 11) is 0. The molecule has 2 aromatic rings. The maximum absolute atomic E-state index is 13.4. The van der Waals surface area contributed by atoms with E-state index in [1.807, 2.05) is 12.3 Å². The van der Waals surface area contributed by atoms with E-state index in [-0.39, 0.29) is 0 Å². The summed E-state index contributed by atoms with van der Waals surface area (Å²) in [6.45, 7) is 0. The van der Waals surface area contributed by atoms with E-state index in [0.29, 0.717) is 10.3 Å². The van der Waals surface area contributed by atoms with Crippen LogP contribution in [0.2, 0.25) is 5.15 Å². The molecule has 0 saturated carbocycles. The molecule has 1 aromatic carbocycles. The Morgan fingerprint density at radius 3 is 2.78 bits per heavy atom. The average molecular weight is 287 g/mol. The van der Waals surface area contributed by atoms with Crippen molar-refractivity contribution < 1.29 is 4.39 Å². The van der Waals surface area contributed by atoms with E-state index in [0.717, 1.165) is 4.90 Å². The maximum atomic E-state index is 13.4. The van der Waals surface area contributed by atoms with Gasteiger partial charge in [0.25, 0.3) is 5.56 Å². The lowest BCUT2D eigenvalue weighted by Crippen LogP contribution is -2.35. The zero-order chi connectivity index (χ0) is 13.3. The summed E-state index contributed by atoms with van der Waals surface area (Å²) in [6, 6.07) is 6.66. The Labute approximate surface area is 110 Å². The quantitative estimate of drug-likeness (QED) is 0.679. The molecule has 0 bridgehead atoms. The molecule has 0 amide bonds. The number of nitrogens with zero attached hydrogens (tertiary/aromatic N) is 1. The van der Waals surface area contributed by atoms with Gasteiger partial charge in [0.1, 0.15) is 0 Å². The third-order valence-electron chi connectivity index (χ3n) is 2.31. The first-order chi connectivity index (χ1) is 8.54. The van der Waals surface area contributed by atoms with Crippen molar-refractivity contribution in [3.8, 4) is 5.69 Å². The zero-order valence-corrected chi connectivity index (χ0v) is 10.8. The molecule has 0 spiro atoms. The molecule has 0 atom stereocenters. The number of H-pyrrole nitrogens is 1. The highest BCUT2D eigenvalue weighted by Crippen LogP contribution is 2.17. The van der Waals surface area contributed by atoms with Crippen molar-refractivity contribution in [2.75, 3.05) is 6.26 Å². The number of hydrogen-bond acceptors (Lipinski definition) is 3. The fraction of sp³-hybridized carbons (Fsp3) is 0.0909. The molecule has 4 nitrogen and oxygen atoms in total. The Kier molecular flexibility index (Phi) is 3.58. The molecule has 0 aliphatic heterocycles. The summed E-state index contributed by atoms with van der Waals surface area (Å²) >= 11 is 6.84. The van der Waals surface area contributed by atoms with Gasteiger partial charge in [-0.25, -0.2) is 9.36 Å². The Hall–Kier alpha value is -1.53. The highest BCUT2D eigenvalue weighted by Gasteiger charge is 2.13. The molecule has 1 heterocycles. The van der Waals surface area contributed by atoms with Crippen LogP contribution in [0.5, 0.6) is 0 Å². The van der Waals surface area contributed by atoms with Crippen LogP contribution in [0.1, 0.15) is 0 Å². The van der Waals surface area contributed by atoms with E-state index in [4.69, 9.17) is 11.6 Å². The Morgan fingerprint density at radius 2 is 2.11 bits per heavy atom. The average Bonchev–Trinajstić information content (AvgIpc) is 2.36. The summed E-state index contributed by atoms with van der Waals surface area (Å²) in [5.74, 6) is -1.18. The highest BCUT2D eigenvalue weighted by atomic mass is 35.5. The van der Waals surface area contributed by atoms with Gasteiger partial charge in [0.15, 0.2) is 5.15 Å². The molecule has 0 radical (unpaired) electrons. The van der Waals surface area contributed by atoms with Gasteiger partial charge in [-0.2, -0.15) is 4.39 Å². The van der Waals surface area contributed by atoms with Crippen molar-refractivity contribution in [1.29, 1.82) is 0 Å². The van der Waals surface area contributed by atoms with Gasteiger partial charge in [0, 0.05) is 4.90 Å². The molecule has 0 saturated heterocycles. The minimum absolute atomic E-state index is 0.295. The molecule has 18 heavy (non-hydrogen) atoms. The number of rotatable bonds is 2. The van der Waals surface area contributed by atoms with Crippen LogP contribution < -0.4 is 11.2 Å². The van der Waals surface area contributed by atoms with Crippen LogP contribution in [0.15, 0.2) is 38.8 Å². The number of halogens is 2. The van der Waals surface area contributed by atoms with Gasteiger partial charge >= 0.3 is 5.69 Å². The topological polar surface area (TPSA) is 54.9 Å². The molecule has 0 unspecified atom stereocenters. The van der Waals surface area contributed by atoms with E-state index < -0.39 is 22.2 Å². The summed E-state index contributed by atoms with van der Waals surface area (Å²) in [4.78, 5) is 26.3. The van der Waals surface area contributed by atoms with E-state index in [2.05, 4.69) is 4.98 Å². The molecule has 1 N–H and O–H groups in total. The number of hydrogen-bond donors (Lipinski definition) is 1. The van der Waals surface area contributed by atoms with Crippen molar-refractivity contribution in [2.24, 2.45) is 0 Å². The Morgan fingerprint density at radius 1 is 1.39 bits per heavy atom. The van der Waals surface area contributed by atoms with E-state index in [1.165, 1.54) is 11.8 Å². The fourth-order valence-corrected chi connectivity index (χ4v) is 2.09. The first-order valence-corrected chi connectivity index (χ1v) is 6.49. The van der Waals surface area contributed by atoms with Gasteiger partial charge in [0.2, 0.25) is 5.82 Å². The minimum Gasteiger partial charge on any atom is -0.295 e. The molecule has 94 valence electrons. The molecular weight excluding hydrogens is 279 g/mol. The molecule has 0 aliphatic rings. The number of aromatic nitrogens is 2. The van der Waals surface area contributed by atoms with Gasteiger partial charge in [0.05, 0.1) is 5.69 Å². The second-order valence-electron chi connectivity index (χ2n) is 3.40. The van der Waals surface area contributed by atoms with Gasteiger partial charge in [-0.1, -0.05) is 17.7 Å². The first-order valence-electron chi connectivity index (χ1n) is 4.89. The van der Waals surface area contributed by atoms with Crippen LogP contribution in [0, 0.1) is 5.82 Å². The van der Waals surface area contributed by atoms with Crippen LogP contribution in [0.25, 0.3) is 5.69 Å². The lowest BCUT2D eigenvalue weighted by molar-refractivity contribution is 0.584. The Bertz CT molecular complexity index is 711. The SMILES string of the molecule is CSc1cccc(-n2c(=O)[nH]c(Cl)c(F)c2=O)c1. The smallest absolute Gasteiger partial charge is 0.295 e. The summed E-state index contributed by atoms with van der Waals surface area (Å²) < 4.78 is 14.1. The van der Waals surface area contributed by atoms with Crippen LogP contribution in [0.3, 0.4) is 0 Å². The van der Waals surface area contributed by atoms with Crippen molar-refractivity contribution >= 4 is 23.4 Å². The summed E-state index contributed by atoms with van der Waals surface area (Å²) in [5.41, 5.74) is -1.55. The molecule has 7 heteroatoms. The number of thioether (sulfide) groups is 1. The van der Waals surface area contributed by atoms with Gasteiger partial charge in [-0.3, -0.25) is 9.78 Å². The number of benzene rings is 1. The molecular formula is C11H8ClFN2O2S. The van der Waals surface area contributed by atoms with Crippen LogP contribution in [-0.2, 0) is 0 Å². The number of aromatic amines is 1. The second kappa shape index (κ2) is 4.99. The van der Waals surface area contributed by atoms with Crippen molar-refractivity contribution in [2.45, 2.75) is 4.90 Å². The predicted molar refractivity (Wildman–Crippen MR) is 69.4 cm³/mol. The van der Waals surface area contributed by atoms with Crippen molar-refractivity contribution in [1.82, 2.24) is 9.55 Å². The lowest BCUT2D eigenvalue weighted by Gasteiger charge is -2.06. The summed E-state index contributed by atoms with van der Waals surface area (Å²) in [5, 5.41) is -0.581. The molecule has 1 aromatic heterocycles. The summed E-state index contributed by atoms with van der Waals surface area (Å²) in [6.07, 6.45) is 1.86. The molecule has 2 rings (SSSR count). The second-order valence-corrected chi connectivity index (χ2v) is 4.66. The van der Waals surface area contributed by atoms with Gasteiger partial charge in [-0.15, -0.1) is 11.8 Å². The normalized spacial score (nSPS) is 10.6. The number of nitrogens with one attached hydrogen (secondary N) is 1.